The zero-order valence-corrected chi connectivity index (χ0v) is 6.97. The highest BCUT2D eigenvalue weighted by atomic mass is 16.5. The molecule has 0 bridgehead atoms. The lowest BCUT2D eigenvalue weighted by molar-refractivity contribution is -0.137. The van der Waals surface area contributed by atoms with Gasteiger partial charge in [0.15, 0.2) is 0 Å². The van der Waals surface area contributed by atoms with E-state index in [2.05, 4.69) is 10.1 Å². The van der Waals surface area contributed by atoms with Gasteiger partial charge in [0.2, 0.25) is 5.91 Å². The summed E-state index contributed by atoms with van der Waals surface area (Å²) in [6, 6.07) is 0. The van der Waals surface area contributed by atoms with Gasteiger partial charge in [-0.2, -0.15) is 0 Å². The Bertz CT molecular complexity index is 143. The van der Waals surface area contributed by atoms with Crippen molar-refractivity contribution in [3.05, 3.63) is 0 Å². The lowest BCUT2D eigenvalue weighted by atomic mass is 10.4. The summed E-state index contributed by atoms with van der Waals surface area (Å²) in [6.45, 7) is 1.53. The predicted octanol–water partition coefficient (Wildman–Crippen LogP) is 0.220. The normalized spacial score (nSPS) is 21.0. The summed E-state index contributed by atoms with van der Waals surface area (Å²) in [4.78, 5) is 20.2. The number of rotatable bonds is 0. The number of hydrogen-bond donors (Lipinski definition) is 1. The maximum atomic E-state index is 10.1. The van der Waals surface area contributed by atoms with Crippen LogP contribution in [0.5, 0.6) is 0 Å². The van der Waals surface area contributed by atoms with Crippen LogP contribution < -0.4 is 5.32 Å². The Balaban J connectivity index is 0.000000120. The minimum Gasteiger partial charge on any atom is -0.466 e. The largest absolute Gasteiger partial charge is 0.466 e. The van der Waals surface area contributed by atoms with Crippen LogP contribution in [0.4, 0.5) is 0 Å². The average Bonchev–Trinajstić information content (AvgIpc) is 2.63. The first kappa shape index (κ1) is 9.03. The van der Waals surface area contributed by atoms with Crippen LogP contribution in [-0.4, -0.2) is 25.0 Å². The van der Waals surface area contributed by atoms with Gasteiger partial charge in [-0.3, -0.25) is 9.59 Å². The molecule has 2 aliphatic rings. The molecule has 12 heavy (non-hydrogen) atoms. The molecule has 0 aromatic heterocycles. The van der Waals surface area contributed by atoms with Crippen LogP contribution in [0, 0.1) is 0 Å². The van der Waals surface area contributed by atoms with Crippen LogP contribution >= 0.6 is 0 Å². The Hall–Kier alpha value is -1.06. The van der Waals surface area contributed by atoms with Gasteiger partial charge in [-0.1, -0.05) is 0 Å². The molecule has 68 valence electrons. The fourth-order valence-electron chi connectivity index (χ4n) is 1.04. The molecular weight excluding hydrogens is 158 g/mol. The van der Waals surface area contributed by atoms with Gasteiger partial charge in [0, 0.05) is 19.4 Å². The van der Waals surface area contributed by atoms with E-state index in [0.29, 0.717) is 13.0 Å². The molecule has 0 aromatic carbocycles. The van der Waals surface area contributed by atoms with Gasteiger partial charge in [0.05, 0.1) is 6.61 Å². The van der Waals surface area contributed by atoms with Crippen LogP contribution in [0.25, 0.3) is 0 Å². The molecule has 2 fully saturated rings. The third kappa shape index (κ3) is 3.37. The summed E-state index contributed by atoms with van der Waals surface area (Å²) in [7, 11) is 0. The first-order valence-corrected chi connectivity index (χ1v) is 4.21. The van der Waals surface area contributed by atoms with Gasteiger partial charge >= 0.3 is 5.97 Å². The van der Waals surface area contributed by atoms with Crippen LogP contribution in [0.3, 0.4) is 0 Å². The van der Waals surface area contributed by atoms with Crippen molar-refractivity contribution < 1.29 is 14.3 Å². The number of carbonyl (C=O) groups is 2. The van der Waals surface area contributed by atoms with E-state index in [4.69, 9.17) is 0 Å². The molecule has 0 unspecified atom stereocenters. The van der Waals surface area contributed by atoms with Crippen molar-refractivity contribution in [2.75, 3.05) is 13.2 Å². The summed E-state index contributed by atoms with van der Waals surface area (Å²) in [5.41, 5.74) is 0. The van der Waals surface area contributed by atoms with Gasteiger partial charge in [0.25, 0.3) is 0 Å². The second-order valence-corrected chi connectivity index (χ2v) is 2.78. The molecular formula is C8H13NO3. The molecule has 0 aliphatic carbocycles. The van der Waals surface area contributed by atoms with Crippen LogP contribution in [-0.2, 0) is 14.3 Å². The molecule has 1 amide bonds. The monoisotopic (exact) mass is 171 g/mol. The van der Waals surface area contributed by atoms with E-state index < -0.39 is 0 Å². The molecule has 4 heteroatoms. The second kappa shape index (κ2) is 4.74. The quantitative estimate of drug-likeness (QED) is 0.530. The summed E-state index contributed by atoms with van der Waals surface area (Å²) < 4.78 is 4.51. The Labute approximate surface area is 71.3 Å². The number of hydrogen-bond acceptors (Lipinski definition) is 3. The van der Waals surface area contributed by atoms with E-state index in [1.165, 1.54) is 0 Å². The molecule has 0 saturated carbocycles. The van der Waals surface area contributed by atoms with Gasteiger partial charge in [0.1, 0.15) is 0 Å². The topological polar surface area (TPSA) is 55.4 Å². The van der Waals surface area contributed by atoms with Crippen molar-refractivity contribution in [3.8, 4) is 0 Å². The SMILES string of the molecule is O=C1CCCN1.O=C1CCCO1. The van der Waals surface area contributed by atoms with Gasteiger partial charge in [-0.15, -0.1) is 0 Å². The summed E-state index contributed by atoms with van der Waals surface area (Å²) in [6.07, 6.45) is 3.30. The maximum Gasteiger partial charge on any atom is 0.305 e. The fourth-order valence-corrected chi connectivity index (χ4v) is 1.04. The highest BCUT2D eigenvalue weighted by molar-refractivity contribution is 5.77. The van der Waals surface area contributed by atoms with Gasteiger partial charge in [-0.05, 0) is 12.8 Å². The first-order chi connectivity index (χ1) is 5.79. The van der Waals surface area contributed by atoms with Crippen molar-refractivity contribution in [3.63, 3.8) is 0 Å². The molecule has 4 nitrogen and oxygen atoms in total. The Kier molecular flexibility index (Phi) is 3.57. The molecule has 2 heterocycles. The average molecular weight is 171 g/mol. The zero-order chi connectivity index (χ0) is 8.81. The third-order valence-electron chi connectivity index (χ3n) is 1.69. The van der Waals surface area contributed by atoms with E-state index in [-0.39, 0.29) is 11.9 Å². The minimum absolute atomic E-state index is 0.0463. The number of cyclic esters (lactones) is 1. The maximum absolute atomic E-state index is 10.1. The van der Waals surface area contributed by atoms with Crippen LogP contribution in [0.1, 0.15) is 25.7 Å². The van der Waals surface area contributed by atoms with E-state index >= 15 is 0 Å². The summed E-state index contributed by atoms with van der Waals surface area (Å²) >= 11 is 0. The molecule has 2 rings (SSSR count). The van der Waals surface area contributed by atoms with Crippen LogP contribution in [0.2, 0.25) is 0 Å². The number of amides is 1. The van der Waals surface area contributed by atoms with E-state index in [9.17, 15) is 9.59 Å². The van der Waals surface area contributed by atoms with E-state index in [1.807, 2.05) is 0 Å². The summed E-state index contributed by atoms with van der Waals surface area (Å²) in [5, 5.41) is 2.68. The number of carbonyl (C=O) groups excluding carboxylic acids is 2. The molecule has 0 radical (unpaired) electrons. The van der Waals surface area contributed by atoms with E-state index in [1.54, 1.807) is 0 Å². The zero-order valence-electron chi connectivity index (χ0n) is 6.97. The number of nitrogens with one attached hydrogen (secondary N) is 1. The number of ether oxygens (including phenoxy) is 1. The Morgan fingerprint density at radius 1 is 1.17 bits per heavy atom. The van der Waals surface area contributed by atoms with Crippen molar-refractivity contribution in [2.45, 2.75) is 25.7 Å². The predicted molar refractivity (Wildman–Crippen MR) is 42.4 cm³/mol. The van der Waals surface area contributed by atoms with Crippen LogP contribution in [0.15, 0.2) is 0 Å². The fraction of sp³-hybridized carbons (Fsp3) is 0.750. The van der Waals surface area contributed by atoms with Crippen molar-refractivity contribution in [1.29, 1.82) is 0 Å². The summed E-state index contributed by atoms with van der Waals surface area (Å²) in [5.74, 6) is 0.157. The highest BCUT2D eigenvalue weighted by Gasteiger charge is 2.08. The van der Waals surface area contributed by atoms with Gasteiger partial charge < -0.3 is 10.1 Å². The lowest BCUT2D eigenvalue weighted by Gasteiger charge is -1.81. The Morgan fingerprint density at radius 2 is 2.00 bits per heavy atom. The van der Waals surface area contributed by atoms with Crippen molar-refractivity contribution in [2.24, 2.45) is 0 Å². The van der Waals surface area contributed by atoms with Crippen molar-refractivity contribution in [1.82, 2.24) is 5.32 Å². The number of esters is 1. The molecule has 2 saturated heterocycles. The molecule has 1 N–H and O–H groups in total. The standard InChI is InChI=1S/C4H7NO.C4H6O2/c6-4-2-1-3-5-4;5-4-2-1-3-6-4/h1-3H2,(H,5,6);1-3H2. The second-order valence-electron chi connectivity index (χ2n) is 2.78. The lowest BCUT2D eigenvalue weighted by Crippen LogP contribution is -2.12. The minimum atomic E-state index is -0.0463. The van der Waals surface area contributed by atoms with Crippen molar-refractivity contribution >= 4 is 11.9 Å². The highest BCUT2D eigenvalue weighted by Crippen LogP contribution is 2.01. The molecule has 0 spiro atoms. The first-order valence-electron chi connectivity index (χ1n) is 4.21. The molecule has 0 aromatic rings. The molecule has 2 aliphatic heterocycles. The third-order valence-corrected chi connectivity index (χ3v) is 1.69. The Morgan fingerprint density at radius 3 is 2.17 bits per heavy atom. The molecule has 0 atom stereocenters. The smallest absolute Gasteiger partial charge is 0.305 e. The van der Waals surface area contributed by atoms with E-state index in [0.717, 1.165) is 25.8 Å². The van der Waals surface area contributed by atoms with Gasteiger partial charge in [-0.25, -0.2) is 0 Å².